The van der Waals surface area contributed by atoms with E-state index in [1.54, 1.807) is 0 Å². The van der Waals surface area contributed by atoms with Crippen molar-refractivity contribution in [1.82, 2.24) is 5.32 Å². The standard InChI is InChI=1S/C14H22ClNO/c1-9(2)16-8-12(5)17-14-10(3)6-13(15)7-11(14)4/h6-7,9,12,16H,8H2,1-5H3. The third kappa shape index (κ3) is 4.57. The fourth-order valence-corrected chi connectivity index (χ4v) is 2.06. The van der Waals surface area contributed by atoms with Gasteiger partial charge >= 0.3 is 0 Å². The highest BCUT2D eigenvalue weighted by atomic mass is 35.5. The molecule has 1 N–H and O–H groups in total. The Bertz CT molecular complexity index is 353. The molecule has 1 atom stereocenters. The first-order valence-electron chi connectivity index (χ1n) is 6.07. The molecule has 0 bridgehead atoms. The number of ether oxygens (including phenoxy) is 1. The van der Waals surface area contributed by atoms with Gasteiger partial charge < -0.3 is 10.1 Å². The third-order valence-electron chi connectivity index (χ3n) is 2.56. The van der Waals surface area contributed by atoms with Crippen LogP contribution in [0.5, 0.6) is 5.75 Å². The molecule has 0 heterocycles. The Hall–Kier alpha value is -0.730. The van der Waals surface area contributed by atoms with Gasteiger partial charge in [0.25, 0.3) is 0 Å². The molecular weight excluding hydrogens is 234 g/mol. The van der Waals surface area contributed by atoms with Crippen molar-refractivity contribution in [2.24, 2.45) is 0 Å². The highest BCUT2D eigenvalue weighted by Gasteiger charge is 2.10. The first-order chi connectivity index (χ1) is 7.90. The molecule has 0 aliphatic carbocycles. The molecule has 1 aromatic carbocycles. The maximum absolute atomic E-state index is 5.99. The number of benzene rings is 1. The van der Waals surface area contributed by atoms with Crippen molar-refractivity contribution < 1.29 is 4.74 Å². The number of hydrogen-bond acceptors (Lipinski definition) is 2. The third-order valence-corrected chi connectivity index (χ3v) is 2.78. The lowest BCUT2D eigenvalue weighted by Gasteiger charge is -2.20. The van der Waals surface area contributed by atoms with E-state index < -0.39 is 0 Å². The lowest BCUT2D eigenvalue weighted by atomic mass is 10.1. The Balaban J connectivity index is 2.68. The molecule has 0 spiro atoms. The maximum atomic E-state index is 5.99. The van der Waals surface area contributed by atoms with Crippen molar-refractivity contribution in [3.05, 3.63) is 28.3 Å². The van der Waals surface area contributed by atoms with E-state index in [1.165, 1.54) is 0 Å². The zero-order chi connectivity index (χ0) is 13.0. The fourth-order valence-electron chi connectivity index (χ4n) is 1.73. The van der Waals surface area contributed by atoms with Gasteiger partial charge in [0, 0.05) is 17.6 Å². The Morgan fingerprint density at radius 1 is 1.18 bits per heavy atom. The average Bonchev–Trinajstić information content (AvgIpc) is 2.20. The summed E-state index contributed by atoms with van der Waals surface area (Å²) in [6.45, 7) is 11.2. The molecule has 1 rings (SSSR count). The topological polar surface area (TPSA) is 21.3 Å². The highest BCUT2D eigenvalue weighted by molar-refractivity contribution is 6.30. The van der Waals surface area contributed by atoms with Crippen LogP contribution < -0.4 is 10.1 Å². The second kappa shape index (κ2) is 6.27. The van der Waals surface area contributed by atoms with E-state index >= 15 is 0 Å². The van der Waals surface area contributed by atoms with E-state index in [2.05, 4.69) is 26.1 Å². The lowest BCUT2D eigenvalue weighted by Crippen LogP contribution is -2.33. The predicted molar refractivity (Wildman–Crippen MR) is 74.2 cm³/mol. The van der Waals surface area contributed by atoms with Gasteiger partial charge in [0.15, 0.2) is 0 Å². The number of rotatable bonds is 5. The minimum atomic E-state index is 0.149. The molecular formula is C14H22ClNO. The van der Waals surface area contributed by atoms with E-state index in [0.29, 0.717) is 6.04 Å². The molecule has 0 radical (unpaired) electrons. The molecule has 0 aliphatic heterocycles. The SMILES string of the molecule is Cc1cc(Cl)cc(C)c1OC(C)CNC(C)C. The summed E-state index contributed by atoms with van der Waals surface area (Å²) in [7, 11) is 0. The van der Waals surface area contributed by atoms with Gasteiger partial charge in [0.05, 0.1) is 0 Å². The zero-order valence-corrected chi connectivity index (χ0v) is 12.1. The second-order valence-corrected chi connectivity index (χ2v) is 5.30. The van der Waals surface area contributed by atoms with Gasteiger partial charge in [-0.25, -0.2) is 0 Å². The first-order valence-corrected chi connectivity index (χ1v) is 6.44. The summed E-state index contributed by atoms with van der Waals surface area (Å²) in [6.07, 6.45) is 0.149. The van der Waals surface area contributed by atoms with Crippen LogP contribution in [0.1, 0.15) is 31.9 Å². The van der Waals surface area contributed by atoms with Gasteiger partial charge in [-0.05, 0) is 44.0 Å². The van der Waals surface area contributed by atoms with Gasteiger partial charge in [0.2, 0.25) is 0 Å². The average molecular weight is 256 g/mol. The Morgan fingerprint density at radius 3 is 2.18 bits per heavy atom. The fraction of sp³-hybridized carbons (Fsp3) is 0.571. The van der Waals surface area contributed by atoms with Crippen LogP contribution in [0, 0.1) is 13.8 Å². The summed E-state index contributed by atoms with van der Waals surface area (Å²) in [5.74, 6) is 0.951. The zero-order valence-electron chi connectivity index (χ0n) is 11.3. The van der Waals surface area contributed by atoms with Gasteiger partial charge in [-0.15, -0.1) is 0 Å². The van der Waals surface area contributed by atoms with Crippen molar-refractivity contribution in [2.45, 2.75) is 46.8 Å². The normalized spacial score (nSPS) is 12.9. The number of hydrogen-bond donors (Lipinski definition) is 1. The molecule has 3 heteroatoms. The first kappa shape index (κ1) is 14.3. The van der Waals surface area contributed by atoms with Crippen LogP contribution in [-0.2, 0) is 0 Å². The monoisotopic (exact) mass is 255 g/mol. The smallest absolute Gasteiger partial charge is 0.125 e. The van der Waals surface area contributed by atoms with E-state index in [4.69, 9.17) is 16.3 Å². The number of aryl methyl sites for hydroxylation is 2. The molecule has 0 saturated carbocycles. The summed E-state index contributed by atoms with van der Waals surface area (Å²) in [6, 6.07) is 4.35. The molecule has 2 nitrogen and oxygen atoms in total. The van der Waals surface area contributed by atoms with Crippen LogP contribution in [0.2, 0.25) is 5.02 Å². The van der Waals surface area contributed by atoms with E-state index in [1.807, 2.05) is 26.0 Å². The Morgan fingerprint density at radius 2 is 1.71 bits per heavy atom. The second-order valence-electron chi connectivity index (χ2n) is 4.86. The molecule has 0 amide bonds. The van der Waals surface area contributed by atoms with E-state index in [-0.39, 0.29) is 6.10 Å². The summed E-state index contributed by atoms with van der Waals surface area (Å²) in [5, 5.41) is 4.13. The summed E-state index contributed by atoms with van der Waals surface area (Å²) >= 11 is 5.99. The van der Waals surface area contributed by atoms with Crippen LogP contribution >= 0.6 is 11.6 Å². The number of halogens is 1. The summed E-state index contributed by atoms with van der Waals surface area (Å²) < 4.78 is 5.96. The van der Waals surface area contributed by atoms with E-state index in [9.17, 15) is 0 Å². The molecule has 0 saturated heterocycles. The summed E-state index contributed by atoms with van der Waals surface area (Å²) in [5.41, 5.74) is 2.18. The van der Waals surface area contributed by atoms with Gasteiger partial charge in [0.1, 0.15) is 11.9 Å². The lowest BCUT2D eigenvalue weighted by molar-refractivity contribution is 0.211. The van der Waals surface area contributed by atoms with Crippen LogP contribution in [0.3, 0.4) is 0 Å². The van der Waals surface area contributed by atoms with Crippen molar-refractivity contribution in [3.8, 4) is 5.75 Å². The number of nitrogens with one attached hydrogen (secondary N) is 1. The quantitative estimate of drug-likeness (QED) is 0.866. The highest BCUT2D eigenvalue weighted by Crippen LogP contribution is 2.27. The van der Waals surface area contributed by atoms with Crippen molar-refractivity contribution in [3.63, 3.8) is 0 Å². The summed E-state index contributed by atoms with van der Waals surface area (Å²) in [4.78, 5) is 0. The predicted octanol–water partition coefficient (Wildman–Crippen LogP) is 3.72. The van der Waals surface area contributed by atoms with Gasteiger partial charge in [-0.1, -0.05) is 25.4 Å². The minimum Gasteiger partial charge on any atom is -0.489 e. The van der Waals surface area contributed by atoms with Crippen LogP contribution in [0.15, 0.2) is 12.1 Å². The molecule has 17 heavy (non-hydrogen) atoms. The molecule has 0 aliphatic rings. The largest absolute Gasteiger partial charge is 0.489 e. The minimum absolute atomic E-state index is 0.149. The van der Waals surface area contributed by atoms with Gasteiger partial charge in [-0.2, -0.15) is 0 Å². The van der Waals surface area contributed by atoms with Crippen LogP contribution in [-0.4, -0.2) is 18.7 Å². The Kier molecular flexibility index (Phi) is 5.29. The van der Waals surface area contributed by atoms with Crippen LogP contribution in [0.25, 0.3) is 0 Å². The van der Waals surface area contributed by atoms with Crippen molar-refractivity contribution in [2.75, 3.05) is 6.54 Å². The van der Waals surface area contributed by atoms with Crippen LogP contribution in [0.4, 0.5) is 0 Å². The molecule has 0 fully saturated rings. The Labute approximate surface area is 109 Å². The van der Waals surface area contributed by atoms with Crippen molar-refractivity contribution in [1.29, 1.82) is 0 Å². The molecule has 1 aromatic rings. The molecule has 0 aromatic heterocycles. The molecule has 1 unspecified atom stereocenters. The van der Waals surface area contributed by atoms with Crippen molar-refractivity contribution >= 4 is 11.6 Å². The maximum Gasteiger partial charge on any atom is 0.125 e. The van der Waals surface area contributed by atoms with Gasteiger partial charge in [-0.3, -0.25) is 0 Å². The van der Waals surface area contributed by atoms with E-state index in [0.717, 1.165) is 28.4 Å². The molecule has 96 valence electrons.